The number of benzene rings is 1. The highest BCUT2D eigenvalue weighted by Crippen LogP contribution is 2.16. The molecule has 1 fully saturated rings. The number of aromatic nitrogens is 1. The summed E-state index contributed by atoms with van der Waals surface area (Å²) in [5.74, 6) is 0.0338. The topological polar surface area (TPSA) is 54.0 Å². The van der Waals surface area contributed by atoms with Crippen molar-refractivity contribution in [1.82, 2.24) is 15.6 Å². The van der Waals surface area contributed by atoms with Gasteiger partial charge >= 0.3 is 0 Å². The second kappa shape index (κ2) is 5.30. The Bertz CT molecular complexity index is 556. The van der Waals surface area contributed by atoms with Crippen molar-refractivity contribution in [2.75, 3.05) is 6.54 Å². The Hall–Kier alpha value is -2.04. The molecule has 1 aliphatic rings. The highest BCUT2D eigenvalue weighted by molar-refractivity contribution is 5.98. The lowest BCUT2D eigenvalue weighted by molar-refractivity contribution is 0.0950. The fourth-order valence-corrected chi connectivity index (χ4v) is 2.27. The van der Waals surface area contributed by atoms with Crippen molar-refractivity contribution in [3.63, 3.8) is 0 Å². The minimum Gasteiger partial charge on any atom is -0.296 e. The van der Waals surface area contributed by atoms with Gasteiger partial charge in [0, 0.05) is 12.7 Å². The number of nitrogens with zero attached hydrogens (tertiary/aromatic N) is 1. The summed E-state index contributed by atoms with van der Waals surface area (Å²) in [6.07, 6.45) is 1.67. The van der Waals surface area contributed by atoms with Crippen LogP contribution in [0.3, 0.4) is 0 Å². The average Bonchev–Trinajstić information content (AvgIpc) is 2.98. The molecular formula is C15H15N3O. The Morgan fingerprint density at radius 1 is 1.11 bits per heavy atom. The van der Waals surface area contributed by atoms with E-state index < -0.39 is 0 Å². The number of nitrogens with one attached hydrogen (secondary N) is 2. The maximum Gasteiger partial charge on any atom is 0.199 e. The van der Waals surface area contributed by atoms with Crippen LogP contribution in [0.25, 0.3) is 0 Å². The van der Waals surface area contributed by atoms with Gasteiger partial charge in [0.1, 0.15) is 5.69 Å². The molecule has 1 aromatic carbocycles. The fourth-order valence-electron chi connectivity index (χ4n) is 2.27. The molecule has 1 saturated heterocycles. The summed E-state index contributed by atoms with van der Waals surface area (Å²) in [4.78, 5) is 16.4. The number of Topliss-reactive ketones (excluding diaryl/α,β-unsaturated/α-hetero) is 1. The fraction of sp³-hybridized carbons (Fsp3) is 0.200. The van der Waals surface area contributed by atoms with Crippen LogP contribution in [0.4, 0.5) is 0 Å². The molecule has 0 radical (unpaired) electrons. The van der Waals surface area contributed by atoms with Gasteiger partial charge in [-0.25, -0.2) is 0 Å². The third-order valence-corrected chi connectivity index (χ3v) is 3.26. The number of pyridine rings is 1. The van der Waals surface area contributed by atoms with Crippen molar-refractivity contribution in [1.29, 1.82) is 0 Å². The van der Waals surface area contributed by atoms with E-state index in [-0.39, 0.29) is 18.0 Å². The molecular weight excluding hydrogens is 238 g/mol. The van der Waals surface area contributed by atoms with Crippen LogP contribution in [0, 0.1) is 0 Å². The Kier molecular flexibility index (Phi) is 3.35. The van der Waals surface area contributed by atoms with E-state index in [1.165, 1.54) is 0 Å². The van der Waals surface area contributed by atoms with E-state index in [1.807, 2.05) is 42.5 Å². The number of ketones is 1. The molecule has 4 heteroatoms. The van der Waals surface area contributed by atoms with E-state index in [0.29, 0.717) is 12.2 Å². The second-order valence-electron chi connectivity index (χ2n) is 4.55. The van der Waals surface area contributed by atoms with E-state index in [1.54, 1.807) is 12.3 Å². The molecule has 1 aliphatic heterocycles. The van der Waals surface area contributed by atoms with Crippen LogP contribution in [0.2, 0.25) is 0 Å². The summed E-state index contributed by atoms with van der Waals surface area (Å²) in [7, 11) is 0. The van der Waals surface area contributed by atoms with E-state index in [9.17, 15) is 4.79 Å². The normalized spacial score (nSPS) is 22.3. The molecule has 0 spiro atoms. The Balaban J connectivity index is 1.71. The molecule has 0 saturated carbocycles. The van der Waals surface area contributed by atoms with Crippen LogP contribution >= 0.6 is 0 Å². The number of hydrogen-bond donors (Lipinski definition) is 2. The lowest BCUT2D eigenvalue weighted by Gasteiger charge is -2.12. The van der Waals surface area contributed by atoms with E-state index >= 15 is 0 Å². The molecule has 4 nitrogen and oxygen atoms in total. The zero-order valence-corrected chi connectivity index (χ0v) is 10.4. The highest BCUT2D eigenvalue weighted by atomic mass is 16.1. The zero-order valence-electron chi connectivity index (χ0n) is 10.4. The number of carbonyl (C=O) groups excluding carboxylic acids is 1. The summed E-state index contributed by atoms with van der Waals surface area (Å²) in [6, 6.07) is 15.2. The van der Waals surface area contributed by atoms with Crippen LogP contribution < -0.4 is 10.6 Å². The van der Waals surface area contributed by atoms with Crippen LogP contribution in [-0.4, -0.2) is 23.4 Å². The van der Waals surface area contributed by atoms with Crippen LogP contribution in [-0.2, 0) is 0 Å². The van der Waals surface area contributed by atoms with Gasteiger partial charge in [-0.1, -0.05) is 36.4 Å². The Morgan fingerprint density at radius 2 is 1.89 bits per heavy atom. The van der Waals surface area contributed by atoms with E-state index in [0.717, 1.165) is 5.56 Å². The van der Waals surface area contributed by atoms with Gasteiger partial charge in [-0.05, 0) is 17.7 Å². The van der Waals surface area contributed by atoms with Gasteiger partial charge in [0.25, 0.3) is 0 Å². The van der Waals surface area contributed by atoms with E-state index in [2.05, 4.69) is 15.6 Å². The Labute approximate surface area is 111 Å². The largest absolute Gasteiger partial charge is 0.296 e. The van der Waals surface area contributed by atoms with Crippen molar-refractivity contribution in [2.24, 2.45) is 0 Å². The maximum atomic E-state index is 12.3. The summed E-state index contributed by atoms with van der Waals surface area (Å²) in [5.41, 5.74) is 1.65. The third-order valence-electron chi connectivity index (χ3n) is 3.26. The average molecular weight is 253 g/mol. The first kappa shape index (κ1) is 12.0. The second-order valence-corrected chi connectivity index (χ2v) is 4.55. The molecule has 0 bridgehead atoms. The summed E-state index contributed by atoms with van der Waals surface area (Å²) >= 11 is 0. The molecule has 3 rings (SSSR count). The monoisotopic (exact) mass is 253 g/mol. The van der Waals surface area contributed by atoms with Crippen LogP contribution in [0.5, 0.6) is 0 Å². The molecule has 19 heavy (non-hydrogen) atoms. The molecule has 2 N–H and O–H groups in total. The number of hydrogen-bond acceptors (Lipinski definition) is 4. The molecule has 1 aromatic heterocycles. The highest BCUT2D eigenvalue weighted by Gasteiger charge is 2.30. The smallest absolute Gasteiger partial charge is 0.199 e. The minimum atomic E-state index is -0.222. The van der Waals surface area contributed by atoms with Gasteiger partial charge in [0.2, 0.25) is 0 Å². The van der Waals surface area contributed by atoms with Crippen molar-refractivity contribution in [3.8, 4) is 0 Å². The summed E-state index contributed by atoms with van der Waals surface area (Å²) in [6.45, 7) is 0.620. The molecule has 2 unspecified atom stereocenters. The minimum absolute atomic E-state index is 0.0267. The SMILES string of the molecule is O=C(c1ccccn1)C1CNC(c2ccccc2)N1. The lowest BCUT2D eigenvalue weighted by Crippen LogP contribution is -2.34. The first-order valence-electron chi connectivity index (χ1n) is 6.34. The van der Waals surface area contributed by atoms with Gasteiger partial charge in [0.15, 0.2) is 5.78 Å². The van der Waals surface area contributed by atoms with Gasteiger partial charge in [0.05, 0.1) is 12.2 Å². The quantitative estimate of drug-likeness (QED) is 0.814. The summed E-state index contributed by atoms with van der Waals surface area (Å²) < 4.78 is 0. The van der Waals surface area contributed by atoms with Gasteiger partial charge < -0.3 is 0 Å². The van der Waals surface area contributed by atoms with Crippen molar-refractivity contribution in [3.05, 3.63) is 66.0 Å². The Morgan fingerprint density at radius 3 is 2.63 bits per heavy atom. The first-order chi connectivity index (χ1) is 9.34. The van der Waals surface area contributed by atoms with Gasteiger partial charge in [-0.2, -0.15) is 0 Å². The molecule has 96 valence electrons. The van der Waals surface area contributed by atoms with E-state index in [4.69, 9.17) is 0 Å². The van der Waals surface area contributed by atoms with Crippen LogP contribution in [0.15, 0.2) is 54.7 Å². The zero-order chi connectivity index (χ0) is 13.1. The van der Waals surface area contributed by atoms with Crippen LogP contribution in [0.1, 0.15) is 22.2 Å². The standard InChI is InChI=1S/C15H15N3O/c19-14(12-8-4-5-9-16-12)13-10-17-15(18-13)11-6-2-1-3-7-11/h1-9,13,15,17-18H,10H2. The van der Waals surface area contributed by atoms with Crippen molar-refractivity contribution < 1.29 is 4.79 Å². The lowest BCUT2D eigenvalue weighted by atomic mass is 10.1. The number of rotatable bonds is 3. The van der Waals surface area contributed by atoms with Gasteiger partial charge in [-0.15, -0.1) is 0 Å². The molecule has 2 heterocycles. The van der Waals surface area contributed by atoms with Gasteiger partial charge in [-0.3, -0.25) is 20.4 Å². The summed E-state index contributed by atoms with van der Waals surface area (Å²) in [5, 5.41) is 6.62. The maximum absolute atomic E-state index is 12.3. The van der Waals surface area contributed by atoms with Crippen molar-refractivity contribution in [2.45, 2.75) is 12.2 Å². The molecule has 2 aromatic rings. The molecule has 0 amide bonds. The number of carbonyl (C=O) groups is 1. The predicted molar refractivity (Wildman–Crippen MR) is 72.7 cm³/mol. The third kappa shape index (κ3) is 2.54. The first-order valence-corrected chi connectivity index (χ1v) is 6.34. The molecule has 2 atom stereocenters. The molecule has 0 aliphatic carbocycles. The van der Waals surface area contributed by atoms with Crippen molar-refractivity contribution >= 4 is 5.78 Å². The predicted octanol–water partition coefficient (Wildman–Crippen LogP) is 1.52.